The van der Waals surface area contributed by atoms with Gasteiger partial charge in [-0.05, 0) is 49.9 Å². The van der Waals surface area contributed by atoms with Crippen molar-refractivity contribution in [3.8, 4) is 11.3 Å². The van der Waals surface area contributed by atoms with Crippen LogP contribution in [0.2, 0.25) is 0 Å². The second-order valence-corrected chi connectivity index (χ2v) is 4.21. The molecule has 2 rings (SSSR count). The Kier molecular flexibility index (Phi) is 2.46. The summed E-state index contributed by atoms with van der Waals surface area (Å²) < 4.78 is 5.08. The van der Waals surface area contributed by atoms with Gasteiger partial charge in [0.15, 0.2) is 0 Å². The van der Waals surface area contributed by atoms with Crippen LogP contribution in [0.1, 0.15) is 22.3 Å². The summed E-state index contributed by atoms with van der Waals surface area (Å²) in [6.07, 6.45) is 1.61. The van der Waals surface area contributed by atoms with E-state index in [-0.39, 0.29) is 6.01 Å². The molecule has 1 aromatic heterocycles. The maximum Gasteiger partial charge on any atom is 0.292 e. The van der Waals surface area contributed by atoms with E-state index in [1.807, 2.05) is 0 Å². The summed E-state index contributed by atoms with van der Waals surface area (Å²) in [5.74, 6) is 0. The Morgan fingerprint density at radius 2 is 1.62 bits per heavy atom. The molecule has 1 aromatic carbocycles. The fourth-order valence-corrected chi connectivity index (χ4v) is 2.00. The van der Waals surface area contributed by atoms with Crippen molar-refractivity contribution in [3.63, 3.8) is 0 Å². The molecule has 0 fully saturated rings. The minimum absolute atomic E-state index is 0.216. The van der Waals surface area contributed by atoms with Crippen LogP contribution >= 0.6 is 0 Å². The lowest BCUT2D eigenvalue weighted by molar-refractivity contribution is 0.581. The van der Waals surface area contributed by atoms with E-state index in [0.717, 1.165) is 11.3 Å². The van der Waals surface area contributed by atoms with Gasteiger partial charge in [0, 0.05) is 5.56 Å². The molecular weight excluding hydrogens is 200 g/mol. The number of aryl methyl sites for hydroxylation is 2. The lowest BCUT2D eigenvalue weighted by atomic mass is 9.93. The fourth-order valence-electron chi connectivity index (χ4n) is 2.00. The Morgan fingerprint density at radius 1 is 1.06 bits per heavy atom. The van der Waals surface area contributed by atoms with Crippen LogP contribution in [0.4, 0.5) is 6.01 Å². The average molecular weight is 216 g/mol. The Hall–Kier alpha value is -1.77. The van der Waals surface area contributed by atoms with Gasteiger partial charge in [-0.3, -0.25) is 0 Å². The lowest BCUT2D eigenvalue weighted by Gasteiger charge is -2.12. The van der Waals surface area contributed by atoms with Crippen molar-refractivity contribution in [2.45, 2.75) is 27.7 Å². The number of hydrogen-bond acceptors (Lipinski definition) is 3. The van der Waals surface area contributed by atoms with Gasteiger partial charge in [-0.2, -0.15) is 4.98 Å². The summed E-state index contributed by atoms with van der Waals surface area (Å²) in [6, 6.07) is 2.41. The molecule has 0 spiro atoms. The number of nitrogen functional groups attached to an aromatic ring is 1. The zero-order valence-electron chi connectivity index (χ0n) is 10.1. The Labute approximate surface area is 95.3 Å². The van der Waals surface area contributed by atoms with Gasteiger partial charge in [-0.25, -0.2) is 0 Å². The third-order valence-corrected chi connectivity index (χ3v) is 3.14. The molecule has 2 aromatic rings. The van der Waals surface area contributed by atoms with Crippen molar-refractivity contribution in [3.05, 3.63) is 34.6 Å². The van der Waals surface area contributed by atoms with Gasteiger partial charge in [-0.15, -0.1) is 0 Å². The molecule has 0 aliphatic heterocycles. The number of benzene rings is 1. The molecule has 0 radical (unpaired) electrons. The van der Waals surface area contributed by atoms with Gasteiger partial charge in [0.05, 0.1) is 0 Å². The van der Waals surface area contributed by atoms with Crippen molar-refractivity contribution in [1.82, 2.24) is 4.98 Å². The predicted molar refractivity (Wildman–Crippen MR) is 65.3 cm³/mol. The molecule has 0 unspecified atom stereocenters. The second-order valence-electron chi connectivity index (χ2n) is 4.21. The molecular formula is C13H16N2O. The normalized spacial score (nSPS) is 10.8. The van der Waals surface area contributed by atoms with E-state index in [4.69, 9.17) is 10.2 Å². The fraction of sp³-hybridized carbons (Fsp3) is 0.308. The highest BCUT2D eigenvalue weighted by Crippen LogP contribution is 2.31. The topological polar surface area (TPSA) is 52.0 Å². The van der Waals surface area contributed by atoms with Crippen LogP contribution < -0.4 is 5.73 Å². The number of anilines is 1. The van der Waals surface area contributed by atoms with Crippen molar-refractivity contribution in [2.75, 3.05) is 5.73 Å². The first-order valence-corrected chi connectivity index (χ1v) is 5.29. The minimum atomic E-state index is 0.216. The molecule has 0 aliphatic rings. The third-order valence-electron chi connectivity index (χ3n) is 3.14. The van der Waals surface area contributed by atoms with E-state index in [0.29, 0.717) is 0 Å². The highest BCUT2D eigenvalue weighted by Gasteiger charge is 2.13. The van der Waals surface area contributed by atoms with Crippen LogP contribution in [0.15, 0.2) is 16.7 Å². The SMILES string of the molecule is Cc1cc(C)c(C)c(-c2coc(N)n2)c1C. The summed E-state index contributed by atoms with van der Waals surface area (Å²) in [4.78, 5) is 4.20. The van der Waals surface area contributed by atoms with Gasteiger partial charge < -0.3 is 10.2 Å². The van der Waals surface area contributed by atoms with Crippen molar-refractivity contribution in [1.29, 1.82) is 0 Å². The first-order valence-electron chi connectivity index (χ1n) is 5.29. The molecule has 0 aliphatic carbocycles. The van der Waals surface area contributed by atoms with Crippen LogP contribution in [0.5, 0.6) is 0 Å². The van der Waals surface area contributed by atoms with E-state index in [1.165, 1.54) is 22.3 Å². The number of hydrogen-bond donors (Lipinski definition) is 1. The Morgan fingerprint density at radius 3 is 2.06 bits per heavy atom. The van der Waals surface area contributed by atoms with Crippen LogP contribution in [-0.4, -0.2) is 4.98 Å². The summed E-state index contributed by atoms with van der Waals surface area (Å²) in [5.41, 5.74) is 12.5. The zero-order valence-corrected chi connectivity index (χ0v) is 10.1. The van der Waals surface area contributed by atoms with Gasteiger partial charge in [0.25, 0.3) is 6.01 Å². The predicted octanol–water partition coefficient (Wildman–Crippen LogP) is 3.16. The third kappa shape index (κ3) is 1.58. The average Bonchev–Trinajstić information content (AvgIpc) is 2.62. The largest absolute Gasteiger partial charge is 0.432 e. The molecule has 0 amide bonds. The Bertz CT molecular complexity index is 515. The first-order chi connectivity index (χ1) is 7.50. The highest BCUT2D eigenvalue weighted by atomic mass is 16.4. The van der Waals surface area contributed by atoms with E-state index >= 15 is 0 Å². The number of rotatable bonds is 1. The van der Waals surface area contributed by atoms with E-state index < -0.39 is 0 Å². The maximum absolute atomic E-state index is 5.51. The van der Waals surface area contributed by atoms with Gasteiger partial charge >= 0.3 is 0 Å². The smallest absolute Gasteiger partial charge is 0.292 e. The molecule has 0 atom stereocenters. The van der Waals surface area contributed by atoms with Crippen molar-refractivity contribution in [2.24, 2.45) is 0 Å². The van der Waals surface area contributed by atoms with E-state index in [9.17, 15) is 0 Å². The zero-order chi connectivity index (χ0) is 11.9. The highest BCUT2D eigenvalue weighted by molar-refractivity contribution is 5.70. The summed E-state index contributed by atoms with van der Waals surface area (Å²) >= 11 is 0. The standard InChI is InChI=1S/C13H16N2O/c1-7-5-8(2)10(4)12(9(7)3)11-6-16-13(14)15-11/h5-6H,1-4H3,(H2,14,15). The minimum Gasteiger partial charge on any atom is -0.432 e. The second kappa shape index (κ2) is 3.67. The first kappa shape index (κ1) is 10.7. The molecule has 3 heteroatoms. The summed E-state index contributed by atoms with van der Waals surface area (Å²) in [5, 5.41) is 0. The van der Waals surface area contributed by atoms with Gasteiger partial charge in [-0.1, -0.05) is 6.07 Å². The number of nitrogens with zero attached hydrogens (tertiary/aromatic N) is 1. The van der Waals surface area contributed by atoms with Crippen molar-refractivity contribution >= 4 is 6.01 Å². The van der Waals surface area contributed by atoms with Gasteiger partial charge in [0.1, 0.15) is 12.0 Å². The number of aromatic nitrogens is 1. The van der Waals surface area contributed by atoms with Crippen LogP contribution in [0.3, 0.4) is 0 Å². The summed E-state index contributed by atoms with van der Waals surface area (Å²) in [6.45, 7) is 8.41. The molecule has 0 bridgehead atoms. The van der Waals surface area contributed by atoms with Crippen LogP contribution in [-0.2, 0) is 0 Å². The molecule has 84 valence electrons. The van der Waals surface area contributed by atoms with E-state index in [2.05, 4.69) is 38.7 Å². The maximum atomic E-state index is 5.51. The molecule has 1 heterocycles. The van der Waals surface area contributed by atoms with Crippen LogP contribution in [0.25, 0.3) is 11.3 Å². The Balaban J connectivity index is 2.73. The monoisotopic (exact) mass is 216 g/mol. The molecule has 0 saturated carbocycles. The lowest BCUT2D eigenvalue weighted by Crippen LogP contribution is -1.95. The molecule has 16 heavy (non-hydrogen) atoms. The van der Waals surface area contributed by atoms with Gasteiger partial charge in [0.2, 0.25) is 0 Å². The van der Waals surface area contributed by atoms with Crippen molar-refractivity contribution < 1.29 is 4.42 Å². The molecule has 3 nitrogen and oxygen atoms in total. The van der Waals surface area contributed by atoms with Crippen LogP contribution in [0, 0.1) is 27.7 Å². The summed E-state index contributed by atoms with van der Waals surface area (Å²) in [7, 11) is 0. The molecule has 0 saturated heterocycles. The molecule has 2 N–H and O–H groups in total. The number of nitrogens with two attached hydrogens (primary N) is 1. The quantitative estimate of drug-likeness (QED) is 0.796. The number of oxazole rings is 1. The van der Waals surface area contributed by atoms with E-state index in [1.54, 1.807) is 6.26 Å².